The summed E-state index contributed by atoms with van der Waals surface area (Å²) < 4.78 is 0. The number of hydrogen-bond acceptors (Lipinski definition) is 5. The van der Waals surface area contributed by atoms with Gasteiger partial charge in [-0.3, -0.25) is 9.80 Å². The lowest BCUT2D eigenvalue weighted by Gasteiger charge is -2.45. The summed E-state index contributed by atoms with van der Waals surface area (Å²) in [7, 11) is 0. The highest BCUT2D eigenvalue weighted by molar-refractivity contribution is 5.51. The Morgan fingerprint density at radius 1 is 1.00 bits per heavy atom. The molecule has 0 aliphatic carbocycles. The van der Waals surface area contributed by atoms with Gasteiger partial charge in [0.05, 0.1) is 5.69 Å². The van der Waals surface area contributed by atoms with Gasteiger partial charge >= 0.3 is 0 Å². The fourth-order valence-electron chi connectivity index (χ4n) is 5.17. The Labute approximate surface area is 168 Å². The maximum atomic E-state index is 4.93. The Morgan fingerprint density at radius 3 is 2.79 bits per heavy atom. The van der Waals surface area contributed by atoms with Crippen LogP contribution < -0.4 is 4.90 Å². The zero-order chi connectivity index (χ0) is 18.9. The SMILES string of the molecule is Cc1nc2c(c(N3CCN4CCCCC4C3)n1)CCN(Cc1ccccc1)C2. The third-order valence-corrected chi connectivity index (χ3v) is 6.62. The van der Waals surface area contributed by atoms with Crippen LogP contribution in [-0.4, -0.2) is 58.5 Å². The fourth-order valence-corrected chi connectivity index (χ4v) is 5.17. The molecule has 2 saturated heterocycles. The smallest absolute Gasteiger partial charge is 0.135 e. The van der Waals surface area contributed by atoms with Crippen molar-refractivity contribution in [2.75, 3.05) is 37.6 Å². The fraction of sp³-hybridized carbons (Fsp3) is 0.565. The van der Waals surface area contributed by atoms with E-state index in [-0.39, 0.29) is 0 Å². The number of aromatic nitrogens is 2. The van der Waals surface area contributed by atoms with E-state index in [4.69, 9.17) is 9.97 Å². The molecule has 1 aromatic heterocycles. The molecule has 5 nitrogen and oxygen atoms in total. The van der Waals surface area contributed by atoms with Gasteiger partial charge in [-0.15, -0.1) is 0 Å². The molecule has 0 bridgehead atoms. The highest BCUT2D eigenvalue weighted by Crippen LogP contribution is 2.30. The average Bonchev–Trinajstić information content (AvgIpc) is 2.73. The quantitative estimate of drug-likeness (QED) is 0.822. The first kappa shape index (κ1) is 18.1. The Bertz CT molecular complexity index is 821. The molecular formula is C23H31N5. The van der Waals surface area contributed by atoms with Crippen LogP contribution in [0.25, 0.3) is 0 Å². The predicted octanol–water partition coefficient (Wildman–Crippen LogP) is 3.02. The molecule has 2 aromatic rings. The summed E-state index contributed by atoms with van der Waals surface area (Å²) in [5.41, 5.74) is 4.03. The van der Waals surface area contributed by atoms with E-state index in [2.05, 4.69) is 52.0 Å². The van der Waals surface area contributed by atoms with Crippen molar-refractivity contribution in [3.05, 3.63) is 53.0 Å². The molecule has 28 heavy (non-hydrogen) atoms. The van der Waals surface area contributed by atoms with Crippen LogP contribution in [0, 0.1) is 6.92 Å². The van der Waals surface area contributed by atoms with Gasteiger partial charge < -0.3 is 4.90 Å². The minimum absolute atomic E-state index is 0.714. The van der Waals surface area contributed by atoms with Crippen LogP contribution in [0.2, 0.25) is 0 Å². The number of piperazine rings is 1. The van der Waals surface area contributed by atoms with Gasteiger partial charge in [-0.25, -0.2) is 9.97 Å². The summed E-state index contributed by atoms with van der Waals surface area (Å²) in [6, 6.07) is 11.5. The molecule has 2 fully saturated rings. The Balaban J connectivity index is 1.35. The second-order valence-corrected chi connectivity index (χ2v) is 8.60. The molecule has 0 radical (unpaired) electrons. The zero-order valence-corrected chi connectivity index (χ0v) is 17.0. The molecule has 0 saturated carbocycles. The van der Waals surface area contributed by atoms with E-state index in [1.807, 2.05) is 0 Å². The van der Waals surface area contributed by atoms with Gasteiger partial charge in [0.15, 0.2) is 0 Å². The molecule has 0 N–H and O–H groups in total. The standard InChI is InChI=1S/C23H31N5/c1-18-24-22-17-26(15-19-7-3-2-4-8-19)12-10-21(22)23(25-18)28-14-13-27-11-6-5-9-20(27)16-28/h2-4,7-8,20H,5-6,9-17H2,1H3. The highest BCUT2D eigenvalue weighted by Gasteiger charge is 2.32. The predicted molar refractivity (Wildman–Crippen MR) is 112 cm³/mol. The first-order valence-electron chi connectivity index (χ1n) is 10.9. The van der Waals surface area contributed by atoms with Crippen LogP contribution in [0.5, 0.6) is 0 Å². The maximum absolute atomic E-state index is 4.93. The van der Waals surface area contributed by atoms with Crippen LogP contribution in [0.1, 0.15) is 41.9 Å². The normalized spacial score (nSPS) is 23.3. The van der Waals surface area contributed by atoms with Crippen LogP contribution >= 0.6 is 0 Å². The van der Waals surface area contributed by atoms with E-state index in [1.165, 1.54) is 55.0 Å². The Hall–Kier alpha value is -1.98. The highest BCUT2D eigenvalue weighted by atomic mass is 15.3. The van der Waals surface area contributed by atoms with E-state index in [0.717, 1.165) is 45.0 Å². The zero-order valence-electron chi connectivity index (χ0n) is 17.0. The van der Waals surface area contributed by atoms with Crippen LogP contribution in [0.3, 0.4) is 0 Å². The van der Waals surface area contributed by atoms with Crippen molar-refractivity contribution >= 4 is 5.82 Å². The van der Waals surface area contributed by atoms with E-state index in [0.29, 0.717) is 6.04 Å². The number of fused-ring (bicyclic) bond motifs is 2. The number of aryl methyl sites for hydroxylation is 1. The van der Waals surface area contributed by atoms with Crippen molar-refractivity contribution in [3.63, 3.8) is 0 Å². The molecule has 1 atom stereocenters. The number of nitrogens with zero attached hydrogens (tertiary/aromatic N) is 5. The lowest BCUT2D eigenvalue weighted by atomic mass is 9.98. The summed E-state index contributed by atoms with van der Waals surface area (Å²) in [6.45, 7) is 9.78. The van der Waals surface area contributed by atoms with Crippen LogP contribution in [0.4, 0.5) is 5.82 Å². The Morgan fingerprint density at radius 2 is 1.89 bits per heavy atom. The summed E-state index contributed by atoms with van der Waals surface area (Å²) in [6.07, 6.45) is 5.15. The third-order valence-electron chi connectivity index (χ3n) is 6.62. The van der Waals surface area contributed by atoms with E-state index < -0.39 is 0 Å². The van der Waals surface area contributed by atoms with Gasteiger partial charge in [0, 0.05) is 50.9 Å². The molecular weight excluding hydrogens is 346 g/mol. The number of anilines is 1. The second-order valence-electron chi connectivity index (χ2n) is 8.60. The number of rotatable bonds is 3. The van der Waals surface area contributed by atoms with Crippen molar-refractivity contribution in [2.45, 2.75) is 51.7 Å². The average molecular weight is 378 g/mol. The number of piperidine rings is 1. The lowest BCUT2D eigenvalue weighted by Crippen LogP contribution is -2.55. The number of benzene rings is 1. The molecule has 148 valence electrons. The molecule has 5 heteroatoms. The molecule has 4 heterocycles. The summed E-state index contributed by atoms with van der Waals surface area (Å²) in [5.74, 6) is 2.15. The second kappa shape index (κ2) is 7.80. The first-order valence-corrected chi connectivity index (χ1v) is 10.9. The lowest BCUT2D eigenvalue weighted by molar-refractivity contribution is 0.133. The van der Waals surface area contributed by atoms with Crippen LogP contribution in [-0.2, 0) is 19.5 Å². The van der Waals surface area contributed by atoms with E-state index >= 15 is 0 Å². The first-order chi connectivity index (χ1) is 13.8. The molecule has 0 amide bonds. The monoisotopic (exact) mass is 377 g/mol. The molecule has 0 spiro atoms. The van der Waals surface area contributed by atoms with Gasteiger partial charge in [-0.2, -0.15) is 0 Å². The third kappa shape index (κ3) is 3.65. The summed E-state index contributed by atoms with van der Waals surface area (Å²) in [4.78, 5) is 17.6. The van der Waals surface area contributed by atoms with Gasteiger partial charge in [-0.05, 0) is 38.3 Å². The maximum Gasteiger partial charge on any atom is 0.135 e. The summed E-state index contributed by atoms with van der Waals surface area (Å²) >= 11 is 0. The van der Waals surface area contributed by atoms with Crippen molar-refractivity contribution in [3.8, 4) is 0 Å². The summed E-state index contributed by atoms with van der Waals surface area (Å²) in [5, 5.41) is 0. The minimum Gasteiger partial charge on any atom is -0.353 e. The van der Waals surface area contributed by atoms with Crippen LogP contribution in [0.15, 0.2) is 30.3 Å². The van der Waals surface area contributed by atoms with Crippen molar-refractivity contribution < 1.29 is 0 Å². The Kier molecular flexibility index (Phi) is 5.03. The topological polar surface area (TPSA) is 35.5 Å². The van der Waals surface area contributed by atoms with Crippen molar-refractivity contribution in [2.24, 2.45) is 0 Å². The number of hydrogen-bond donors (Lipinski definition) is 0. The van der Waals surface area contributed by atoms with Gasteiger partial charge in [-0.1, -0.05) is 36.8 Å². The van der Waals surface area contributed by atoms with Crippen molar-refractivity contribution in [1.82, 2.24) is 19.8 Å². The molecule has 3 aliphatic rings. The molecule has 1 aromatic carbocycles. The van der Waals surface area contributed by atoms with Gasteiger partial charge in [0.2, 0.25) is 0 Å². The largest absolute Gasteiger partial charge is 0.353 e. The van der Waals surface area contributed by atoms with Gasteiger partial charge in [0.25, 0.3) is 0 Å². The van der Waals surface area contributed by atoms with E-state index in [1.54, 1.807) is 0 Å². The minimum atomic E-state index is 0.714. The van der Waals surface area contributed by atoms with Gasteiger partial charge in [0.1, 0.15) is 11.6 Å². The van der Waals surface area contributed by atoms with Crippen molar-refractivity contribution in [1.29, 1.82) is 0 Å². The molecule has 3 aliphatic heterocycles. The molecule has 1 unspecified atom stereocenters. The van der Waals surface area contributed by atoms with E-state index in [9.17, 15) is 0 Å². The molecule has 5 rings (SSSR count).